The Morgan fingerprint density at radius 1 is 1.07 bits per heavy atom. The van der Waals surface area contributed by atoms with E-state index in [2.05, 4.69) is 10.0 Å². The molecule has 1 heterocycles. The zero-order valence-electron chi connectivity index (χ0n) is 14.6. The van der Waals surface area contributed by atoms with E-state index in [4.69, 9.17) is 4.74 Å². The minimum Gasteiger partial charge on any atom is -0.379 e. The Morgan fingerprint density at radius 3 is 2.33 bits per heavy atom. The lowest BCUT2D eigenvalue weighted by Crippen LogP contribution is -2.44. The third-order valence-corrected chi connectivity index (χ3v) is 7.16. The SMILES string of the molecule is O=C(CCNS(=O)(=O)c1ccc(F)cc1)NCCS(=O)(=O)N1CCOCC1. The number of rotatable bonds is 9. The van der Waals surface area contributed by atoms with Gasteiger partial charge in [0.2, 0.25) is 26.0 Å². The summed E-state index contributed by atoms with van der Waals surface area (Å²) in [5.41, 5.74) is 0. The van der Waals surface area contributed by atoms with E-state index >= 15 is 0 Å². The molecule has 1 amide bonds. The third kappa shape index (κ3) is 6.81. The molecule has 152 valence electrons. The number of amides is 1. The van der Waals surface area contributed by atoms with E-state index in [1.807, 2.05) is 0 Å². The van der Waals surface area contributed by atoms with Gasteiger partial charge in [-0.15, -0.1) is 0 Å². The van der Waals surface area contributed by atoms with Crippen molar-refractivity contribution in [1.29, 1.82) is 0 Å². The van der Waals surface area contributed by atoms with Crippen LogP contribution >= 0.6 is 0 Å². The first kappa shape index (κ1) is 21.7. The van der Waals surface area contributed by atoms with E-state index in [-0.39, 0.29) is 30.2 Å². The highest BCUT2D eigenvalue weighted by molar-refractivity contribution is 7.89. The van der Waals surface area contributed by atoms with Crippen molar-refractivity contribution in [2.45, 2.75) is 11.3 Å². The number of ether oxygens (including phenoxy) is 1. The van der Waals surface area contributed by atoms with E-state index in [1.54, 1.807) is 0 Å². The molecule has 1 aliphatic heterocycles. The Balaban J connectivity index is 1.71. The van der Waals surface area contributed by atoms with Gasteiger partial charge in [-0.3, -0.25) is 4.79 Å². The molecule has 0 aromatic heterocycles. The summed E-state index contributed by atoms with van der Waals surface area (Å²) >= 11 is 0. The zero-order chi connectivity index (χ0) is 19.9. The number of halogens is 1. The van der Waals surface area contributed by atoms with Gasteiger partial charge in [0.25, 0.3) is 0 Å². The second kappa shape index (κ2) is 9.55. The van der Waals surface area contributed by atoms with E-state index < -0.39 is 31.8 Å². The Hall–Kier alpha value is -1.60. The maximum atomic E-state index is 12.8. The lowest BCUT2D eigenvalue weighted by atomic mass is 10.4. The van der Waals surface area contributed by atoms with Crippen molar-refractivity contribution in [3.05, 3.63) is 30.1 Å². The van der Waals surface area contributed by atoms with E-state index in [1.165, 1.54) is 4.31 Å². The van der Waals surface area contributed by atoms with E-state index in [0.717, 1.165) is 24.3 Å². The topological polar surface area (TPSA) is 122 Å². The second-order valence-corrected chi connectivity index (χ2v) is 9.63. The molecule has 27 heavy (non-hydrogen) atoms. The molecule has 0 unspecified atom stereocenters. The molecule has 12 heteroatoms. The van der Waals surface area contributed by atoms with E-state index in [9.17, 15) is 26.0 Å². The van der Waals surface area contributed by atoms with Gasteiger partial charge in [-0.05, 0) is 24.3 Å². The summed E-state index contributed by atoms with van der Waals surface area (Å²) < 4.78 is 69.6. The van der Waals surface area contributed by atoms with Crippen LogP contribution in [0.5, 0.6) is 0 Å². The summed E-state index contributed by atoms with van der Waals surface area (Å²) in [5.74, 6) is -1.27. The summed E-state index contributed by atoms with van der Waals surface area (Å²) in [6, 6.07) is 4.29. The van der Waals surface area contributed by atoms with Crippen LogP contribution < -0.4 is 10.0 Å². The number of sulfonamides is 2. The van der Waals surface area contributed by atoms with Crippen LogP contribution in [0.3, 0.4) is 0 Å². The standard InChI is InChI=1S/C15H22FN3O6S2/c16-13-1-3-14(4-2-13)27(23,24)18-6-5-15(20)17-7-12-26(21,22)19-8-10-25-11-9-19/h1-4,18H,5-12H2,(H,17,20). The first-order valence-corrected chi connectivity index (χ1v) is 11.4. The van der Waals surface area contributed by atoms with Gasteiger partial charge in [0.15, 0.2) is 0 Å². The highest BCUT2D eigenvalue weighted by Crippen LogP contribution is 2.09. The van der Waals surface area contributed by atoms with Crippen LogP contribution in [0.1, 0.15) is 6.42 Å². The maximum Gasteiger partial charge on any atom is 0.240 e. The summed E-state index contributed by atoms with van der Waals surface area (Å²) in [6.07, 6.45) is -0.155. The molecule has 0 aliphatic carbocycles. The molecule has 2 rings (SSSR count). The number of carbonyl (C=O) groups is 1. The Kier molecular flexibility index (Phi) is 7.68. The molecule has 0 bridgehead atoms. The van der Waals surface area contributed by atoms with Crippen LogP contribution in [0.2, 0.25) is 0 Å². The fourth-order valence-electron chi connectivity index (χ4n) is 2.36. The normalized spacial score (nSPS) is 16.2. The number of nitrogens with zero attached hydrogens (tertiary/aromatic N) is 1. The van der Waals surface area contributed by atoms with Crippen LogP contribution in [0.15, 0.2) is 29.2 Å². The summed E-state index contributed by atoms with van der Waals surface area (Å²) in [5, 5.41) is 2.45. The summed E-state index contributed by atoms with van der Waals surface area (Å²) in [7, 11) is -7.31. The highest BCUT2D eigenvalue weighted by atomic mass is 32.2. The van der Waals surface area contributed by atoms with Gasteiger partial charge in [-0.25, -0.2) is 25.9 Å². The molecule has 1 saturated heterocycles. The van der Waals surface area contributed by atoms with Crippen LogP contribution in [0.4, 0.5) is 4.39 Å². The lowest BCUT2D eigenvalue weighted by molar-refractivity contribution is -0.120. The van der Waals surface area contributed by atoms with Crippen molar-refractivity contribution in [3.8, 4) is 0 Å². The lowest BCUT2D eigenvalue weighted by Gasteiger charge is -2.26. The molecule has 2 N–H and O–H groups in total. The molecule has 1 fully saturated rings. The molecular formula is C15H22FN3O6S2. The summed E-state index contributed by atoms with van der Waals surface area (Å²) in [6.45, 7) is 1.05. The van der Waals surface area contributed by atoms with Crippen LogP contribution in [-0.2, 0) is 29.6 Å². The van der Waals surface area contributed by atoms with Gasteiger partial charge in [0.1, 0.15) is 5.82 Å². The molecule has 1 aromatic rings. The highest BCUT2D eigenvalue weighted by Gasteiger charge is 2.24. The smallest absolute Gasteiger partial charge is 0.240 e. The number of nitrogens with one attached hydrogen (secondary N) is 2. The Morgan fingerprint density at radius 2 is 1.70 bits per heavy atom. The monoisotopic (exact) mass is 423 g/mol. The van der Waals surface area contributed by atoms with Crippen LogP contribution in [0, 0.1) is 5.82 Å². The van der Waals surface area contributed by atoms with Gasteiger partial charge < -0.3 is 10.1 Å². The first-order valence-electron chi connectivity index (χ1n) is 8.28. The Labute approximate surface area is 158 Å². The predicted molar refractivity (Wildman–Crippen MR) is 95.4 cm³/mol. The van der Waals surface area contributed by atoms with Crippen molar-refractivity contribution < 1.29 is 30.8 Å². The van der Waals surface area contributed by atoms with Gasteiger partial charge in [-0.1, -0.05) is 0 Å². The molecule has 9 nitrogen and oxygen atoms in total. The quantitative estimate of drug-likeness (QED) is 0.540. The van der Waals surface area contributed by atoms with Crippen molar-refractivity contribution in [2.24, 2.45) is 0 Å². The zero-order valence-corrected chi connectivity index (χ0v) is 16.2. The number of morpholine rings is 1. The van der Waals surface area contributed by atoms with Gasteiger partial charge in [-0.2, -0.15) is 4.31 Å². The number of hydrogen-bond acceptors (Lipinski definition) is 6. The molecule has 0 spiro atoms. The fourth-order valence-corrected chi connectivity index (χ4v) is 4.71. The van der Waals surface area contributed by atoms with Crippen LogP contribution in [0.25, 0.3) is 0 Å². The average molecular weight is 423 g/mol. The van der Waals surface area contributed by atoms with Gasteiger partial charge in [0.05, 0.1) is 23.9 Å². The second-order valence-electron chi connectivity index (χ2n) is 5.78. The molecule has 1 aromatic carbocycles. The first-order chi connectivity index (χ1) is 12.7. The van der Waals surface area contributed by atoms with Crippen molar-refractivity contribution in [2.75, 3.05) is 45.1 Å². The molecule has 0 saturated carbocycles. The van der Waals surface area contributed by atoms with Gasteiger partial charge in [0, 0.05) is 32.6 Å². The number of hydrogen-bond donors (Lipinski definition) is 2. The largest absolute Gasteiger partial charge is 0.379 e. The summed E-state index contributed by atoms with van der Waals surface area (Å²) in [4.78, 5) is 11.6. The average Bonchev–Trinajstić information content (AvgIpc) is 2.62. The minimum absolute atomic E-state index is 0.0662. The fraction of sp³-hybridized carbons (Fsp3) is 0.533. The number of carbonyl (C=O) groups excluding carboxylic acids is 1. The Bertz CT molecular complexity index is 837. The third-order valence-electron chi connectivity index (χ3n) is 3.81. The van der Waals surface area contributed by atoms with E-state index in [0.29, 0.717) is 26.3 Å². The van der Waals surface area contributed by atoms with Crippen molar-refractivity contribution in [1.82, 2.24) is 14.3 Å². The minimum atomic E-state index is -3.84. The predicted octanol–water partition coefficient (Wildman–Crippen LogP) is -0.728. The molecule has 0 atom stereocenters. The van der Waals surface area contributed by atoms with Crippen LogP contribution in [-0.4, -0.2) is 72.2 Å². The maximum absolute atomic E-state index is 12.8. The van der Waals surface area contributed by atoms with Gasteiger partial charge >= 0.3 is 0 Å². The van der Waals surface area contributed by atoms with Crippen molar-refractivity contribution in [3.63, 3.8) is 0 Å². The molecular weight excluding hydrogens is 401 g/mol. The molecule has 0 radical (unpaired) electrons. The van der Waals surface area contributed by atoms with Crippen molar-refractivity contribution >= 4 is 26.0 Å². The molecule has 1 aliphatic rings. The number of benzene rings is 1.